The molecule has 0 saturated heterocycles. The van der Waals surface area contributed by atoms with Crippen LogP contribution in [0.15, 0.2) is 36.7 Å². The van der Waals surface area contributed by atoms with Gasteiger partial charge in [0.05, 0.1) is 10.8 Å². The van der Waals surface area contributed by atoms with Gasteiger partial charge in [0.2, 0.25) is 5.95 Å². The van der Waals surface area contributed by atoms with Crippen molar-refractivity contribution in [1.82, 2.24) is 15.0 Å². The minimum atomic E-state index is -1.04. The molecule has 1 atom stereocenters. The predicted octanol–water partition coefficient (Wildman–Crippen LogP) is 5.45. The minimum absolute atomic E-state index is 0.0188. The van der Waals surface area contributed by atoms with Crippen LogP contribution in [-0.2, 0) is 10.4 Å². The summed E-state index contributed by atoms with van der Waals surface area (Å²) in [5.41, 5.74) is 2.86. The molecule has 2 heterocycles. The lowest BCUT2D eigenvalue weighted by Crippen LogP contribution is -2.37. The summed E-state index contributed by atoms with van der Waals surface area (Å²) < 4.78 is 0. The Morgan fingerprint density at radius 2 is 1.94 bits per heavy atom. The summed E-state index contributed by atoms with van der Waals surface area (Å²) in [6.07, 6.45) is 6.71. The van der Waals surface area contributed by atoms with E-state index < -0.39 is 11.6 Å². The molecule has 8 heteroatoms. The van der Waals surface area contributed by atoms with E-state index in [0.29, 0.717) is 43.1 Å². The summed E-state index contributed by atoms with van der Waals surface area (Å²) in [6.45, 7) is 5.94. The van der Waals surface area contributed by atoms with Crippen molar-refractivity contribution in [2.24, 2.45) is 11.8 Å². The molecule has 0 radical (unpaired) electrons. The van der Waals surface area contributed by atoms with Gasteiger partial charge in [0.25, 0.3) is 0 Å². The van der Waals surface area contributed by atoms with Crippen molar-refractivity contribution in [3.05, 3.63) is 52.9 Å². The number of aromatic nitrogens is 3. The number of benzene rings is 1. The number of hydrogen-bond donors (Lipinski definition) is 3. The van der Waals surface area contributed by atoms with Gasteiger partial charge < -0.3 is 15.5 Å². The van der Waals surface area contributed by atoms with Gasteiger partial charge in [-0.2, -0.15) is 0 Å². The Morgan fingerprint density at radius 1 is 1.18 bits per heavy atom. The molecule has 7 nitrogen and oxygen atoms in total. The number of aryl methyl sites for hydroxylation is 2. The van der Waals surface area contributed by atoms with Gasteiger partial charge in [0, 0.05) is 23.8 Å². The fraction of sp³-hybridized carbons (Fsp3) is 0.440. The molecule has 1 unspecified atom stereocenters. The van der Waals surface area contributed by atoms with E-state index >= 15 is 0 Å². The zero-order chi connectivity index (χ0) is 23.6. The molecule has 1 saturated carbocycles. The van der Waals surface area contributed by atoms with Gasteiger partial charge in [-0.25, -0.2) is 15.0 Å². The Morgan fingerprint density at radius 3 is 2.61 bits per heavy atom. The second kappa shape index (κ2) is 9.57. The van der Waals surface area contributed by atoms with Crippen molar-refractivity contribution in [2.45, 2.75) is 58.5 Å². The number of nitrogens with one attached hydrogen (secondary N) is 1. The first-order valence-corrected chi connectivity index (χ1v) is 12.2. The van der Waals surface area contributed by atoms with Gasteiger partial charge in [-0.15, -0.1) is 11.3 Å². The first-order valence-electron chi connectivity index (χ1n) is 11.4. The van der Waals surface area contributed by atoms with Crippen LogP contribution in [0.3, 0.4) is 0 Å². The molecule has 3 N–H and O–H groups in total. The van der Waals surface area contributed by atoms with Crippen LogP contribution in [0.25, 0.3) is 10.4 Å². The molecule has 33 heavy (non-hydrogen) atoms. The molecule has 1 aliphatic carbocycles. The zero-order valence-electron chi connectivity index (χ0n) is 19.2. The van der Waals surface area contributed by atoms with Gasteiger partial charge in [0.1, 0.15) is 10.6 Å². The molecule has 2 aromatic heterocycles. The summed E-state index contributed by atoms with van der Waals surface area (Å²) in [5, 5.41) is 24.9. The third-order valence-corrected chi connectivity index (χ3v) is 7.79. The van der Waals surface area contributed by atoms with Crippen LogP contribution in [0.1, 0.15) is 55.3 Å². The number of aliphatic carboxylic acids is 1. The van der Waals surface area contributed by atoms with Crippen LogP contribution in [0, 0.1) is 25.7 Å². The predicted molar refractivity (Wildman–Crippen MR) is 130 cm³/mol. The number of carbonyl (C=O) groups is 1. The normalized spacial score (nSPS) is 20.2. The molecule has 0 amide bonds. The average Bonchev–Trinajstić information content (AvgIpc) is 3.29. The summed E-state index contributed by atoms with van der Waals surface area (Å²) in [4.78, 5) is 25.6. The zero-order valence-corrected chi connectivity index (χ0v) is 20.0. The maximum Gasteiger partial charge on any atom is 0.306 e. The van der Waals surface area contributed by atoms with Crippen molar-refractivity contribution in [1.29, 1.82) is 0 Å². The van der Waals surface area contributed by atoms with Gasteiger partial charge in [-0.1, -0.05) is 13.0 Å². The standard InChI is InChI=1S/C25H30N4O3S/c1-4-25(32,19-7-5-17(6-8-19)22(30)31)23-27-14-21(33-23)18-11-15(2)12-20(13-18)29-24-26-10-9-16(3)28-24/h9-14,17,19,32H,4-8H2,1-3H3,(H,30,31)(H,26,28,29). The van der Waals surface area contributed by atoms with Gasteiger partial charge in [-0.3, -0.25) is 4.79 Å². The van der Waals surface area contributed by atoms with Crippen molar-refractivity contribution in [2.75, 3.05) is 5.32 Å². The highest BCUT2D eigenvalue weighted by Crippen LogP contribution is 2.45. The molecule has 3 aromatic rings. The molecule has 1 aromatic carbocycles. The van der Waals surface area contributed by atoms with E-state index in [-0.39, 0.29) is 11.8 Å². The molecular formula is C25H30N4O3S. The van der Waals surface area contributed by atoms with Crippen LogP contribution < -0.4 is 5.32 Å². The monoisotopic (exact) mass is 466 g/mol. The Bertz CT molecular complexity index is 1140. The van der Waals surface area contributed by atoms with Crippen LogP contribution in [0.5, 0.6) is 0 Å². The van der Waals surface area contributed by atoms with Crippen LogP contribution in [-0.4, -0.2) is 31.1 Å². The average molecular weight is 467 g/mol. The Hall–Kier alpha value is -2.84. The Kier molecular flexibility index (Phi) is 6.76. The highest BCUT2D eigenvalue weighted by Gasteiger charge is 2.42. The quantitative estimate of drug-likeness (QED) is 0.425. The number of hydrogen-bond acceptors (Lipinski definition) is 7. The van der Waals surface area contributed by atoms with E-state index in [2.05, 4.69) is 26.3 Å². The van der Waals surface area contributed by atoms with Crippen LogP contribution in [0.4, 0.5) is 11.6 Å². The lowest BCUT2D eigenvalue weighted by molar-refractivity contribution is -0.144. The molecular weight excluding hydrogens is 436 g/mol. The largest absolute Gasteiger partial charge is 0.481 e. The van der Waals surface area contributed by atoms with E-state index in [9.17, 15) is 15.0 Å². The van der Waals surface area contributed by atoms with Crippen LogP contribution >= 0.6 is 11.3 Å². The SMILES string of the molecule is CCC(O)(c1ncc(-c2cc(C)cc(Nc3nccc(C)n3)c2)s1)C1CCC(C(=O)O)CC1. The van der Waals surface area contributed by atoms with Crippen molar-refractivity contribution >= 4 is 28.9 Å². The number of rotatable bonds is 7. The smallest absolute Gasteiger partial charge is 0.306 e. The number of carboxylic acids is 1. The number of carboxylic acid groups (broad SMARTS) is 1. The highest BCUT2D eigenvalue weighted by molar-refractivity contribution is 7.15. The first-order chi connectivity index (χ1) is 15.8. The maximum absolute atomic E-state index is 11.6. The first kappa shape index (κ1) is 23.3. The second-order valence-electron chi connectivity index (χ2n) is 8.93. The number of nitrogens with zero attached hydrogens (tertiary/aromatic N) is 3. The van der Waals surface area contributed by atoms with Gasteiger partial charge >= 0.3 is 5.97 Å². The third-order valence-electron chi connectivity index (χ3n) is 6.58. The summed E-state index contributed by atoms with van der Waals surface area (Å²) in [5.74, 6) is -0.464. The number of aliphatic hydroxyl groups is 1. The second-order valence-corrected chi connectivity index (χ2v) is 9.96. The molecule has 174 valence electrons. The van der Waals surface area contributed by atoms with Crippen LogP contribution in [0.2, 0.25) is 0 Å². The Labute approximate surface area is 198 Å². The van der Waals surface area contributed by atoms with Crippen molar-refractivity contribution in [3.8, 4) is 10.4 Å². The highest BCUT2D eigenvalue weighted by atomic mass is 32.1. The molecule has 0 spiro atoms. The lowest BCUT2D eigenvalue weighted by Gasteiger charge is -2.37. The summed E-state index contributed by atoms with van der Waals surface area (Å²) >= 11 is 1.51. The van der Waals surface area contributed by atoms with Crippen molar-refractivity contribution < 1.29 is 15.0 Å². The number of thiazole rings is 1. The lowest BCUT2D eigenvalue weighted by atomic mass is 9.72. The summed E-state index contributed by atoms with van der Waals surface area (Å²) in [7, 11) is 0. The molecule has 0 bridgehead atoms. The van der Waals surface area contributed by atoms with E-state index in [1.165, 1.54) is 11.3 Å². The number of anilines is 2. The van der Waals surface area contributed by atoms with Crippen molar-refractivity contribution in [3.63, 3.8) is 0 Å². The summed E-state index contributed by atoms with van der Waals surface area (Å²) in [6, 6.07) is 8.04. The van der Waals surface area contributed by atoms with Gasteiger partial charge in [0.15, 0.2) is 0 Å². The van der Waals surface area contributed by atoms with Gasteiger partial charge in [-0.05, 0) is 81.2 Å². The van der Waals surface area contributed by atoms with E-state index in [0.717, 1.165) is 27.4 Å². The molecule has 4 rings (SSSR count). The fourth-order valence-corrected chi connectivity index (χ4v) is 5.82. The molecule has 1 fully saturated rings. The fourth-order valence-electron chi connectivity index (χ4n) is 4.68. The van der Waals surface area contributed by atoms with E-state index in [1.54, 1.807) is 6.20 Å². The van der Waals surface area contributed by atoms with E-state index in [1.807, 2.05) is 45.2 Å². The minimum Gasteiger partial charge on any atom is -0.481 e. The maximum atomic E-state index is 11.6. The molecule has 0 aliphatic heterocycles. The Balaban J connectivity index is 1.57. The third kappa shape index (κ3) is 5.07. The topological polar surface area (TPSA) is 108 Å². The van der Waals surface area contributed by atoms with E-state index in [4.69, 9.17) is 0 Å². The molecule has 1 aliphatic rings.